The van der Waals surface area contributed by atoms with Gasteiger partial charge in [-0.3, -0.25) is 19.1 Å². The number of ether oxygens (including phenoxy) is 1. The van der Waals surface area contributed by atoms with E-state index in [4.69, 9.17) is 4.74 Å². The van der Waals surface area contributed by atoms with Crippen LogP contribution >= 0.6 is 0 Å². The van der Waals surface area contributed by atoms with Crippen molar-refractivity contribution in [2.24, 2.45) is 0 Å². The minimum absolute atomic E-state index is 0.0907. The van der Waals surface area contributed by atoms with Crippen LogP contribution in [0.5, 0.6) is 0 Å². The van der Waals surface area contributed by atoms with Gasteiger partial charge in [0.2, 0.25) is 5.91 Å². The lowest BCUT2D eigenvalue weighted by Crippen LogP contribution is -2.33. The summed E-state index contributed by atoms with van der Waals surface area (Å²) in [4.78, 5) is 36.6. The molecule has 0 aliphatic carbocycles. The summed E-state index contributed by atoms with van der Waals surface area (Å²) in [6.45, 7) is 3.34. The first-order chi connectivity index (χ1) is 10.9. The summed E-state index contributed by atoms with van der Waals surface area (Å²) in [6.07, 6.45) is 0.571. The van der Waals surface area contributed by atoms with Crippen molar-refractivity contribution in [3.05, 3.63) is 32.6 Å². The van der Waals surface area contributed by atoms with E-state index in [-0.39, 0.29) is 30.5 Å². The van der Waals surface area contributed by atoms with E-state index in [1.54, 1.807) is 0 Å². The number of hydrogen-bond acceptors (Lipinski definition) is 5. The van der Waals surface area contributed by atoms with Crippen LogP contribution in [0.1, 0.15) is 38.5 Å². The summed E-state index contributed by atoms with van der Waals surface area (Å²) in [5.74, 6) is 5.02. The van der Waals surface area contributed by atoms with Gasteiger partial charge in [0.05, 0.1) is 18.8 Å². The van der Waals surface area contributed by atoms with Crippen molar-refractivity contribution in [1.82, 2.24) is 14.9 Å². The zero-order valence-electron chi connectivity index (χ0n) is 13.0. The fraction of sp³-hybridized carbons (Fsp3) is 0.533. The number of aromatic amines is 1. The molecule has 8 nitrogen and oxygen atoms in total. The van der Waals surface area contributed by atoms with Crippen LogP contribution in [-0.4, -0.2) is 39.3 Å². The van der Waals surface area contributed by atoms with Gasteiger partial charge in [0.1, 0.15) is 11.8 Å². The highest BCUT2D eigenvalue weighted by molar-refractivity contribution is 5.73. The van der Waals surface area contributed by atoms with Crippen LogP contribution in [-0.2, 0) is 9.53 Å². The molecule has 0 saturated carbocycles. The molecule has 1 aromatic heterocycles. The maximum absolute atomic E-state index is 11.9. The molecule has 8 heteroatoms. The Labute approximate surface area is 132 Å². The Balaban J connectivity index is 2.25. The number of nitrogens with zero attached hydrogens (tertiary/aromatic N) is 1. The molecule has 3 N–H and O–H groups in total. The number of hydrogen-bond donors (Lipinski definition) is 3. The van der Waals surface area contributed by atoms with Gasteiger partial charge in [0.25, 0.3) is 5.56 Å². The molecule has 2 heterocycles. The Hall–Kier alpha value is -2.37. The van der Waals surface area contributed by atoms with Crippen molar-refractivity contribution in [2.75, 3.05) is 6.54 Å². The zero-order chi connectivity index (χ0) is 17.0. The van der Waals surface area contributed by atoms with Crippen molar-refractivity contribution in [2.45, 2.75) is 45.1 Å². The van der Waals surface area contributed by atoms with E-state index in [0.717, 1.165) is 0 Å². The van der Waals surface area contributed by atoms with Gasteiger partial charge in [-0.2, -0.15) is 0 Å². The molecule has 0 bridgehead atoms. The van der Waals surface area contributed by atoms with Gasteiger partial charge in [-0.1, -0.05) is 18.8 Å². The van der Waals surface area contributed by atoms with Gasteiger partial charge in [0, 0.05) is 19.5 Å². The molecule has 1 aromatic rings. The number of amides is 1. The van der Waals surface area contributed by atoms with Gasteiger partial charge >= 0.3 is 5.69 Å². The highest BCUT2D eigenvalue weighted by Gasteiger charge is 2.34. The van der Waals surface area contributed by atoms with Crippen LogP contribution in [0.2, 0.25) is 0 Å². The van der Waals surface area contributed by atoms with Crippen molar-refractivity contribution in [1.29, 1.82) is 0 Å². The molecule has 0 radical (unpaired) electrons. The lowest BCUT2D eigenvalue weighted by molar-refractivity contribution is -0.118. The van der Waals surface area contributed by atoms with Gasteiger partial charge in [-0.15, -0.1) is 0 Å². The molecular formula is C15H19N3O5. The number of carbonyl (C=O) groups excluding carboxylic acids is 1. The van der Waals surface area contributed by atoms with Crippen molar-refractivity contribution in [3.63, 3.8) is 0 Å². The van der Waals surface area contributed by atoms with Crippen LogP contribution in [0, 0.1) is 11.8 Å². The molecule has 0 aromatic carbocycles. The maximum atomic E-state index is 11.9. The monoisotopic (exact) mass is 321 g/mol. The van der Waals surface area contributed by atoms with Gasteiger partial charge in [0.15, 0.2) is 0 Å². The van der Waals surface area contributed by atoms with E-state index >= 15 is 0 Å². The predicted molar refractivity (Wildman–Crippen MR) is 81.7 cm³/mol. The summed E-state index contributed by atoms with van der Waals surface area (Å²) in [6, 6.07) is 0. The lowest BCUT2D eigenvalue weighted by atomic mass is 10.1. The normalized spacial score (nSPS) is 23.2. The molecule has 1 fully saturated rings. The van der Waals surface area contributed by atoms with Crippen molar-refractivity contribution < 1.29 is 14.6 Å². The van der Waals surface area contributed by atoms with E-state index in [1.807, 2.05) is 6.92 Å². The largest absolute Gasteiger partial charge is 0.390 e. The van der Waals surface area contributed by atoms with Crippen LogP contribution in [0.15, 0.2) is 15.8 Å². The van der Waals surface area contributed by atoms with E-state index < -0.39 is 23.6 Å². The van der Waals surface area contributed by atoms with Crippen molar-refractivity contribution >= 4 is 5.91 Å². The second-order valence-electron chi connectivity index (χ2n) is 5.26. The SMILES string of the molecule is CC[C@H]1O[C@@H](n2cc(C#CCNC(C)=O)c(=O)[nH]c2=O)C[C@H]1O. The predicted octanol–water partition coefficient (Wildman–Crippen LogP) is -0.917. The molecule has 1 amide bonds. The number of H-pyrrole nitrogens is 1. The van der Waals surface area contributed by atoms with E-state index in [1.165, 1.54) is 17.7 Å². The molecule has 23 heavy (non-hydrogen) atoms. The average Bonchev–Trinajstić information content (AvgIpc) is 2.86. The fourth-order valence-corrected chi connectivity index (χ4v) is 2.35. The summed E-state index contributed by atoms with van der Waals surface area (Å²) < 4.78 is 6.85. The lowest BCUT2D eigenvalue weighted by Gasteiger charge is -2.14. The third-order valence-corrected chi connectivity index (χ3v) is 3.53. The number of aromatic nitrogens is 2. The highest BCUT2D eigenvalue weighted by Crippen LogP contribution is 2.28. The molecule has 2 rings (SSSR count). The third kappa shape index (κ3) is 4.09. The molecule has 1 saturated heterocycles. The van der Waals surface area contributed by atoms with Gasteiger partial charge < -0.3 is 15.2 Å². The number of aliphatic hydroxyl groups is 1. The minimum atomic E-state index is -0.655. The first-order valence-electron chi connectivity index (χ1n) is 7.34. The van der Waals surface area contributed by atoms with Gasteiger partial charge in [-0.05, 0) is 6.42 Å². The summed E-state index contributed by atoms with van der Waals surface area (Å²) >= 11 is 0. The van der Waals surface area contributed by atoms with Crippen molar-refractivity contribution in [3.8, 4) is 11.8 Å². The molecule has 124 valence electrons. The molecule has 1 aliphatic rings. The van der Waals surface area contributed by atoms with Crippen LogP contribution < -0.4 is 16.6 Å². The molecule has 1 aliphatic heterocycles. The average molecular weight is 321 g/mol. The fourth-order valence-electron chi connectivity index (χ4n) is 2.35. The molecule has 0 spiro atoms. The topological polar surface area (TPSA) is 113 Å². The maximum Gasteiger partial charge on any atom is 0.330 e. The first-order valence-corrected chi connectivity index (χ1v) is 7.34. The van der Waals surface area contributed by atoms with Crippen LogP contribution in [0.3, 0.4) is 0 Å². The number of carbonyl (C=O) groups is 1. The smallest absolute Gasteiger partial charge is 0.330 e. The van der Waals surface area contributed by atoms with E-state index in [0.29, 0.717) is 6.42 Å². The Morgan fingerprint density at radius 1 is 1.57 bits per heavy atom. The third-order valence-electron chi connectivity index (χ3n) is 3.53. The second kappa shape index (κ2) is 7.26. The Morgan fingerprint density at radius 2 is 2.30 bits per heavy atom. The zero-order valence-corrected chi connectivity index (χ0v) is 13.0. The summed E-state index contributed by atoms with van der Waals surface area (Å²) in [5, 5.41) is 12.4. The standard InChI is InChI=1S/C15H19N3O5/c1-3-12-11(20)7-13(23-12)18-8-10(14(21)17-15(18)22)5-4-6-16-9(2)19/h8,11-13,20H,3,6-7H2,1-2H3,(H,16,19)(H,17,21,22)/t11-,12-,13-/m1/s1. The summed E-state index contributed by atoms with van der Waals surface area (Å²) in [7, 11) is 0. The van der Waals surface area contributed by atoms with Crippen LogP contribution in [0.25, 0.3) is 0 Å². The number of aliphatic hydroxyl groups excluding tert-OH is 1. The first kappa shape index (κ1) is 17.0. The Morgan fingerprint density at radius 3 is 2.91 bits per heavy atom. The van der Waals surface area contributed by atoms with Crippen LogP contribution in [0.4, 0.5) is 0 Å². The molecular weight excluding hydrogens is 302 g/mol. The molecule has 3 atom stereocenters. The van der Waals surface area contributed by atoms with Gasteiger partial charge in [-0.25, -0.2) is 4.79 Å². The number of nitrogens with one attached hydrogen (secondary N) is 2. The highest BCUT2D eigenvalue weighted by atomic mass is 16.5. The molecule has 0 unspecified atom stereocenters. The minimum Gasteiger partial charge on any atom is -0.390 e. The second-order valence-corrected chi connectivity index (χ2v) is 5.26. The van der Waals surface area contributed by atoms with E-state index in [2.05, 4.69) is 22.1 Å². The number of rotatable bonds is 3. The summed E-state index contributed by atoms with van der Waals surface area (Å²) in [5.41, 5.74) is -1.13. The quantitative estimate of drug-likeness (QED) is 0.623. The Bertz CT molecular complexity index is 755. The Kier molecular flexibility index (Phi) is 5.36. The van der Waals surface area contributed by atoms with E-state index in [9.17, 15) is 19.5 Å².